The molecule has 0 bridgehead atoms. The molecule has 0 spiro atoms. The van der Waals surface area contributed by atoms with Crippen molar-refractivity contribution in [2.24, 2.45) is 11.5 Å². The molecule has 7 N–H and O–H groups in total. The van der Waals surface area contributed by atoms with Gasteiger partial charge in [-0.05, 0) is 59.2 Å². The Labute approximate surface area is 157 Å². The number of phenols is 1. The molecule has 0 heterocycles. The van der Waals surface area contributed by atoms with Crippen molar-refractivity contribution in [3.8, 4) is 22.6 Å². The molecule has 6 nitrogen and oxygen atoms in total. The van der Waals surface area contributed by atoms with E-state index in [2.05, 4.69) is 0 Å². The van der Waals surface area contributed by atoms with Gasteiger partial charge in [-0.25, -0.2) is 0 Å². The summed E-state index contributed by atoms with van der Waals surface area (Å²) in [7, 11) is 0. The third-order valence-corrected chi connectivity index (χ3v) is 4.08. The fraction of sp³-hybridized carbons (Fsp3) is 0.0476. The third-order valence-electron chi connectivity index (χ3n) is 4.08. The average molecular weight is 360 g/mol. The van der Waals surface area contributed by atoms with Crippen molar-refractivity contribution in [2.75, 3.05) is 0 Å². The zero-order valence-corrected chi connectivity index (χ0v) is 14.6. The number of benzene rings is 3. The summed E-state index contributed by atoms with van der Waals surface area (Å²) in [5.41, 5.74) is 14.8. The number of hydrogen-bond donors (Lipinski definition) is 5. The SMILES string of the molecule is N=C(N)c1ccc(OCc2cc(O)cc(-c3ccc(C(=N)N)cc3)c2)cc1. The molecule has 3 aromatic carbocycles. The van der Waals surface area contributed by atoms with Crippen LogP contribution in [0.25, 0.3) is 11.1 Å². The van der Waals surface area contributed by atoms with Gasteiger partial charge in [0.1, 0.15) is 29.8 Å². The summed E-state index contributed by atoms with van der Waals surface area (Å²) in [5.74, 6) is 0.821. The normalized spacial score (nSPS) is 10.4. The van der Waals surface area contributed by atoms with Crippen molar-refractivity contribution in [1.82, 2.24) is 0 Å². The second kappa shape index (κ2) is 7.61. The first-order valence-electron chi connectivity index (χ1n) is 8.27. The Hall–Kier alpha value is -3.80. The molecule has 0 aliphatic heterocycles. The predicted octanol–water partition coefficient (Wildman–Crippen LogP) is 3.21. The monoisotopic (exact) mass is 360 g/mol. The van der Waals surface area contributed by atoms with Gasteiger partial charge in [0.05, 0.1) is 0 Å². The molecule has 0 aliphatic carbocycles. The van der Waals surface area contributed by atoms with Crippen LogP contribution in [-0.4, -0.2) is 16.8 Å². The van der Waals surface area contributed by atoms with Crippen LogP contribution in [-0.2, 0) is 6.61 Å². The van der Waals surface area contributed by atoms with E-state index in [1.165, 1.54) is 0 Å². The molecule has 0 saturated carbocycles. The number of rotatable bonds is 6. The fourth-order valence-electron chi connectivity index (χ4n) is 2.66. The van der Waals surface area contributed by atoms with Crippen LogP contribution in [0.4, 0.5) is 0 Å². The van der Waals surface area contributed by atoms with Crippen LogP contribution >= 0.6 is 0 Å². The Kier molecular flexibility index (Phi) is 5.08. The summed E-state index contributed by atoms with van der Waals surface area (Å²) in [6.45, 7) is 0.284. The largest absolute Gasteiger partial charge is 0.508 e. The molecule has 0 aromatic heterocycles. The number of aromatic hydroxyl groups is 1. The zero-order chi connectivity index (χ0) is 19.4. The van der Waals surface area contributed by atoms with Crippen LogP contribution in [0, 0.1) is 10.8 Å². The highest BCUT2D eigenvalue weighted by Gasteiger charge is 2.06. The van der Waals surface area contributed by atoms with Gasteiger partial charge < -0.3 is 21.3 Å². The van der Waals surface area contributed by atoms with Crippen molar-refractivity contribution in [2.45, 2.75) is 6.61 Å². The van der Waals surface area contributed by atoms with Crippen molar-refractivity contribution >= 4 is 11.7 Å². The van der Waals surface area contributed by atoms with E-state index in [-0.39, 0.29) is 24.0 Å². The minimum Gasteiger partial charge on any atom is -0.508 e. The highest BCUT2D eigenvalue weighted by Crippen LogP contribution is 2.26. The van der Waals surface area contributed by atoms with Crippen LogP contribution in [0.2, 0.25) is 0 Å². The van der Waals surface area contributed by atoms with E-state index in [0.29, 0.717) is 16.9 Å². The molecule has 0 amide bonds. The van der Waals surface area contributed by atoms with Gasteiger partial charge in [-0.1, -0.05) is 24.3 Å². The quantitative estimate of drug-likeness (QED) is 0.341. The molecule has 0 fully saturated rings. The number of amidine groups is 2. The highest BCUT2D eigenvalue weighted by molar-refractivity contribution is 5.95. The minimum absolute atomic E-state index is 0.00923. The molecule has 6 heteroatoms. The van der Waals surface area contributed by atoms with Crippen LogP contribution in [0.3, 0.4) is 0 Å². The van der Waals surface area contributed by atoms with Crippen molar-refractivity contribution < 1.29 is 9.84 Å². The van der Waals surface area contributed by atoms with E-state index in [0.717, 1.165) is 16.7 Å². The number of nitrogens with one attached hydrogen (secondary N) is 2. The zero-order valence-electron chi connectivity index (χ0n) is 14.6. The van der Waals surface area contributed by atoms with Crippen LogP contribution in [0.1, 0.15) is 16.7 Å². The number of nitrogen functional groups attached to an aromatic ring is 2. The van der Waals surface area contributed by atoms with E-state index in [4.69, 9.17) is 27.0 Å². The molecular formula is C21H20N4O2. The molecule has 136 valence electrons. The van der Waals surface area contributed by atoms with Crippen LogP contribution in [0.15, 0.2) is 66.7 Å². The van der Waals surface area contributed by atoms with Gasteiger partial charge in [-0.15, -0.1) is 0 Å². The standard InChI is InChI=1S/C21H20N4O2/c22-20(23)15-3-1-14(2-4-15)17-9-13(10-18(26)11-17)12-27-19-7-5-16(6-8-19)21(24)25/h1-11,26H,12H2,(H3,22,23)(H3,24,25). The van der Waals surface area contributed by atoms with Crippen LogP contribution in [0.5, 0.6) is 11.5 Å². The molecule has 0 unspecified atom stereocenters. The Bertz CT molecular complexity index is 980. The molecule has 0 aliphatic rings. The molecule has 0 radical (unpaired) electrons. The lowest BCUT2D eigenvalue weighted by molar-refractivity contribution is 0.305. The first kappa shape index (κ1) is 18.0. The second-order valence-electron chi connectivity index (χ2n) is 6.11. The topological polar surface area (TPSA) is 129 Å². The van der Waals surface area contributed by atoms with Crippen molar-refractivity contribution in [3.63, 3.8) is 0 Å². The van der Waals surface area contributed by atoms with E-state index in [9.17, 15) is 5.11 Å². The Balaban J connectivity index is 1.76. The Morgan fingerprint density at radius 2 is 1.33 bits per heavy atom. The lowest BCUT2D eigenvalue weighted by Crippen LogP contribution is -2.10. The third kappa shape index (κ3) is 4.43. The summed E-state index contributed by atoms with van der Waals surface area (Å²) in [6, 6.07) is 19.5. The van der Waals surface area contributed by atoms with E-state index < -0.39 is 0 Å². The summed E-state index contributed by atoms with van der Waals surface area (Å²) < 4.78 is 5.76. The smallest absolute Gasteiger partial charge is 0.122 e. The number of phenolic OH excluding ortho intramolecular Hbond substituents is 1. The number of nitrogens with two attached hydrogens (primary N) is 2. The summed E-state index contributed by atoms with van der Waals surface area (Å²) >= 11 is 0. The van der Waals surface area contributed by atoms with Gasteiger partial charge in [-0.2, -0.15) is 0 Å². The first-order chi connectivity index (χ1) is 12.9. The van der Waals surface area contributed by atoms with Crippen LogP contribution < -0.4 is 16.2 Å². The summed E-state index contributed by atoms with van der Waals surface area (Å²) in [6.07, 6.45) is 0. The average Bonchev–Trinajstić information content (AvgIpc) is 2.66. The molecular weight excluding hydrogens is 340 g/mol. The minimum atomic E-state index is 0.00923. The van der Waals surface area contributed by atoms with Gasteiger partial charge in [0.2, 0.25) is 0 Å². The second-order valence-corrected chi connectivity index (χ2v) is 6.11. The van der Waals surface area contributed by atoms with Gasteiger partial charge in [-0.3, -0.25) is 10.8 Å². The van der Waals surface area contributed by atoms with Gasteiger partial charge >= 0.3 is 0 Å². The van der Waals surface area contributed by atoms with Crippen molar-refractivity contribution in [3.05, 3.63) is 83.4 Å². The van der Waals surface area contributed by atoms with E-state index in [1.807, 2.05) is 18.2 Å². The molecule has 3 aromatic rings. The van der Waals surface area contributed by atoms with Crippen molar-refractivity contribution in [1.29, 1.82) is 10.8 Å². The number of ether oxygens (including phenoxy) is 1. The molecule has 3 rings (SSSR count). The maximum absolute atomic E-state index is 10.0. The lowest BCUT2D eigenvalue weighted by Gasteiger charge is -2.10. The summed E-state index contributed by atoms with van der Waals surface area (Å²) in [4.78, 5) is 0. The lowest BCUT2D eigenvalue weighted by atomic mass is 10.0. The van der Waals surface area contributed by atoms with Gasteiger partial charge in [0.25, 0.3) is 0 Å². The fourth-order valence-corrected chi connectivity index (χ4v) is 2.66. The predicted molar refractivity (Wildman–Crippen MR) is 106 cm³/mol. The van der Waals surface area contributed by atoms with E-state index in [1.54, 1.807) is 48.5 Å². The number of hydrogen-bond acceptors (Lipinski definition) is 4. The molecule has 0 atom stereocenters. The van der Waals surface area contributed by atoms with Gasteiger partial charge in [0, 0.05) is 11.1 Å². The highest BCUT2D eigenvalue weighted by atomic mass is 16.5. The maximum atomic E-state index is 10.0. The molecule has 27 heavy (non-hydrogen) atoms. The summed E-state index contributed by atoms with van der Waals surface area (Å²) in [5, 5.41) is 24.9. The van der Waals surface area contributed by atoms with Gasteiger partial charge in [0.15, 0.2) is 0 Å². The Morgan fingerprint density at radius 1 is 0.778 bits per heavy atom. The van der Waals surface area contributed by atoms with E-state index >= 15 is 0 Å². The molecule has 0 saturated heterocycles. The maximum Gasteiger partial charge on any atom is 0.122 e. The first-order valence-corrected chi connectivity index (χ1v) is 8.27. The Morgan fingerprint density at radius 3 is 1.89 bits per heavy atom.